The summed E-state index contributed by atoms with van der Waals surface area (Å²) in [6.07, 6.45) is 2.05. The van der Waals surface area contributed by atoms with Gasteiger partial charge in [0, 0.05) is 43.9 Å². The van der Waals surface area contributed by atoms with Gasteiger partial charge in [0.2, 0.25) is 5.91 Å². The van der Waals surface area contributed by atoms with Gasteiger partial charge in [-0.15, -0.1) is 0 Å². The third kappa shape index (κ3) is 7.49. The van der Waals surface area contributed by atoms with Crippen molar-refractivity contribution in [3.05, 3.63) is 161 Å². The van der Waals surface area contributed by atoms with E-state index in [9.17, 15) is 24.5 Å². The van der Waals surface area contributed by atoms with E-state index in [4.69, 9.17) is 22.1 Å². The van der Waals surface area contributed by atoms with Gasteiger partial charge in [-0.05, 0) is 39.7 Å². The fraction of sp³-hybridized carbons (Fsp3) is 0.132. The first kappa shape index (κ1) is 37.5. The third-order valence-corrected chi connectivity index (χ3v) is 13.1. The number of hydrogen-bond donors (Lipinski definition) is 0. The Hall–Kier alpha value is -4.77. The van der Waals surface area contributed by atoms with Crippen LogP contribution >= 0.6 is 6.89 Å². The second-order valence-corrected chi connectivity index (χ2v) is 15.2. The first-order chi connectivity index (χ1) is 24.2. The maximum atomic E-state index is 14.8. The van der Waals surface area contributed by atoms with Gasteiger partial charge in [0.1, 0.15) is 18.1 Å². The number of β-lactam (4-membered cyclic amide) rings is 1. The Morgan fingerprint density at radius 2 is 1.39 bits per heavy atom. The number of nitrogens with zero attached hydrogens (tertiary/aromatic N) is 3. The summed E-state index contributed by atoms with van der Waals surface area (Å²) < 4.78 is 11.7. The number of likely N-dealkylation sites (tertiary alicyclic amines) is 1. The molecule has 10 nitrogen and oxygen atoms in total. The summed E-state index contributed by atoms with van der Waals surface area (Å²) in [4.78, 5) is 57.9. The number of nitro benzene ring substituents is 1. The molecule has 6 rings (SSSR count). The molecule has 0 radical (unpaired) electrons. The fourth-order valence-corrected chi connectivity index (χ4v) is 11.1. The van der Waals surface area contributed by atoms with Crippen molar-refractivity contribution in [1.82, 2.24) is 9.88 Å². The molecule has 5 aromatic rings. The number of carbonyl (C=O) groups is 3. The average Bonchev–Trinajstić information content (AvgIpc) is 3.15. The van der Waals surface area contributed by atoms with Crippen LogP contribution in [0, 0.1) is 16.0 Å². The number of nitro groups is 1. The minimum absolute atomic E-state index is 0. The summed E-state index contributed by atoms with van der Waals surface area (Å²) in [6.45, 7) is -2.21. The molecular weight excluding hydrogens is 781 g/mol. The minimum atomic E-state index is -3.24. The van der Waals surface area contributed by atoms with Gasteiger partial charge in [-0.2, -0.15) is 0 Å². The second kappa shape index (κ2) is 16.5. The van der Waals surface area contributed by atoms with E-state index in [1.165, 1.54) is 42.3 Å². The Morgan fingerprint density at radius 1 is 0.863 bits per heavy atom. The third-order valence-electron chi connectivity index (χ3n) is 8.39. The molecule has 1 aromatic heterocycles. The number of pyridine rings is 1. The van der Waals surface area contributed by atoms with Gasteiger partial charge < -0.3 is 27.0 Å². The molecule has 2 heterocycles. The Bertz CT molecular complexity index is 1970. The molecular formula is C38H31AgN3O7PS. The van der Waals surface area contributed by atoms with E-state index in [2.05, 4.69) is 4.98 Å². The normalized spacial score (nSPS) is 15.8. The number of non-ortho nitro benzene ring substituents is 1. The number of rotatable bonds is 11. The van der Waals surface area contributed by atoms with Crippen molar-refractivity contribution < 1.29 is 51.2 Å². The molecule has 3 atom stereocenters. The summed E-state index contributed by atoms with van der Waals surface area (Å²) in [5.41, 5.74) is 0.974. The number of carbonyl (C=O) groups excluding carboxylic acids is 3. The Kier molecular flexibility index (Phi) is 12.1. The SMILES string of the molecule is CC(=O)OC(c1cccnc1)C1C(=O)N(C(C(=O)OCc2ccc([N+](=O)[O-])cc2)=P(c2ccccc2)(c2ccccc2)c2ccccc2)C1[S-].[Ag+]. The summed E-state index contributed by atoms with van der Waals surface area (Å²) in [5, 5.41) is 12.5. The summed E-state index contributed by atoms with van der Waals surface area (Å²) >= 11 is 6.07. The molecule has 3 unspecified atom stereocenters. The molecule has 1 amide bonds. The van der Waals surface area contributed by atoms with Crippen molar-refractivity contribution in [3.8, 4) is 0 Å². The molecule has 1 aliphatic rings. The van der Waals surface area contributed by atoms with Gasteiger partial charge in [0.15, 0.2) is 0 Å². The summed E-state index contributed by atoms with van der Waals surface area (Å²) in [6, 6.07) is 37.5. The van der Waals surface area contributed by atoms with E-state index < -0.39 is 47.1 Å². The van der Waals surface area contributed by atoms with Crippen LogP contribution in [0.5, 0.6) is 0 Å². The van der Waals surface area contributed by atoms with Crippen LogP contribution in [0.4, 0.5) is 5.69 Å². The zero-order valence-electron chi connectivity index (χ0n) is 27.1. The topological polar surface area (TPSA) is 129 Å². The van der Waals surface area contributed by atoms with Crippen LogP contribution in [0.15, 0.2) is 140 Å². The van der Waals surface area contributed by atoms with Crippen molar-refractivity contribution in [2.24, 2.45) is 5.92 Å². The van der Waals surface area contributed by atoms with Crippen LogP contribution in [0.1, 0.15) is 24.2 Å². The molecule has 1 aliphatic heterocycles. The van der Waals surface area contributed by atoms with Crippen LogP contribution in [0.2, 0.25) is 0 Å². The van der Waals surface area contributed by atoms with Crippen molar-refractivity contribution in [1.29, 1.82) is 0 Å². The maximum Gasteiger partial charge on any atom is 1.00 e. The van der Waals surface area contributed by atoms with Gasteiger partial charge in [-0.3, -0.25) is 24.7 Å². The predicted octanol–water partition coefficient (Wildman–Crippen LogP) is 4.79. The Balaban J connectivity index is 0.00000504. The van der Waals surface area contributed by atoms with E-state index in [0.29, 0.717) is 11.1 Å². The predicted molar refractivity (Wildman–Crippen MR) is 193 cm³/mol. The van der Waals surface area contributed by atoms with E-state index in [1.807, 2.05) is 91.0 Å². The van der Waals surface area contributed by atoms with Gasteiger partial charge >= 0.3 is 34.3 Å². The number of ether oxygens (including phenoxy) is 2. The maximum absolute atomic E-state index is 14.8. The van der Waals surface area contributed by atoms with Crippen molar-refractivity contribution in [2.75, 3.05) is 0 Å². The first-order valence-electron chi connectivity index (χ1n) is 15.6. The number of esters is 2. The van der Waals surface area contributed by atoms with Crippen molar-refractivity contribution in [2.45, 2.75) is 25.0 Å². The first-order valence-corrected chi connectivity index (χ1v) is 17.9. The second-order valence-electron chi connectivity index (χ2n) is 11.4. The van der Waals surface area contributed by atoms with Gasteiger partial charge in [0.25, 0.3) is 5.69 Å². The van der Waals surface area contributed by atoms with Crippen molar-refractivity contribution in [3.63, 3.8) is 0 Å². The monoisotopic (exact) mass is 811 g/mol. The van der Waals surface area contributed by atoms with E-state index in [-0.39, 0.29) is 40.1 Å². The molecule has 51 heavy (non-hydrogen) atoms. The van der Waals surface area contributed by atoms with Crippen LogP contribution in [0.3, 0.4) is 0 Å². The standard InChI is InChI=1S/C38H32N3O7PS.Ag/c1-26(42)48-34(28-12-11-23-39-24-28)33-35(43)40(37(33)50)36(38(44)47-25-27-19-21-29(22-20-27)41(45)46)49(30-13-5-2-6-14-30,31-15-7-3-8-16-31)32-17-9-4-10-18-32;/h2-24,33-34,37,50H,25H2,1H3;/q;+1/p-1. The number of aromatic nitrogens is 1. The molecule has 13 heteroatoms. The molecule has 0 spiro atoms. The number of benzene rings is 4. The van der Waals surface area contributed by atoms with Crippen molar-refractivity contribution >= 4 is 64.4 Å². The fourth-order valence-electron chi connectivity index (χ4n) is 6.16. The molecule has 4 aromatic carbocycles. The minimum Gasteiger partial charge on any atom is -0.767 e. The van der Waals surface area contributed by atoms with Crippen LogP contribution in [0.25, 0.3) is 0 Å². The zero-order chi connectivity index (χ0) is 35.3. The molecule has 262 valence electrons. The van der Waals surface area contributed by atoms with Gasteiger partial charge in [0.05, 0.1) is 10.8 Å². The van der Waals surface area contributed by atoms with E-state index in [0.717, 1.165) is 15.9 Å². The zero-order valence-corrected chi connectivity index (χ0v) is 30.3. The molecule has 0 aliphatic carbocycles. The van der Waals surface area contributed by atoms with E-state index >= 15 is 0 Å². The number of amides is 1. The molecule has 0 bridgehead atoms. The smallest absolute Gasteiger partial charge is 0.767 e. The van der Waals surface area contributed by atoms with Gasteiger partial charge in [-0.25, -0.2) is 4.79 Å². The Morgan fingerprint density at radius 3 is 1.82 bits per heavy atom. The van der Waals surface area contributed by atoms with E-state index in [1.54, 1.807) is 18.3 Å². The largest absolute Gasteiger partial charge is 1.00 e. The molecule has 1 fully saturated rings. The molecule has 0 saturated carbocycles. The Labute approximate surface area is 315 Å². The average molecular weight is 813 g/mol. The summed E-state index contributed by atoms with van der Waals surface area (Å²) in [7, 11) is 0. The quantitative estimate of drug-likeness (QED) is 0.0352. The number of hydrogen-bond acceptors (Lipinski definition) is 9. The van der Waals surface area contributed by atoms with Crippen LogP contribution in [-0.4, -0.2) is 43.4 Å². The molecule has 1 saturated heterocycles. The van der Waals surface area contributed by atoms with Crippen LogP contribution < -0.4 is 15.9 Å². The van der Waals surface area contributed by atoms with Crippen LogP contribution in [-0.2, 0) is 65.5 Å². The summed E-state index contributed by atoms with van der Waals surface area (Å²) in [5.74, 6) is -2.88. The molecule has 0 N–H and O–H groups in total. The van der Waals surface area contributed by atoms with Gasteiger partial charge in [-0.1, -0.05) is 102 Å².